The molecular weight excluding hydrogens is 332 g/mol. The molecule has 0 bridgehead atoms. The molecule has 5 nitrogen and oxygen atoms in total. The lowest BCUT2D eigenvalue weighted by Gasteiger charge is -2.24. The zero-order chi connectivity index (χ0) is 17.6. The molecule has 25 heavy (non-hydrogen) atoms. The Labute approximate surface area is 151 Å². The highest BCUT2D eigenvalue weighted by Crippen LogP contribution is 2.25. The number of benzene rings is 2. The zero-order valence-corrected chi connectivity index (χ0v) is 15.3. The first-order valence-corrected chi connectivity index (χ1v) is 9.03. The Morgan fingerprint density at radius 3 is 2.48 bits per heavy atom. The summed E-state index contributed by atoms with van der Waals surface area (Å²) in [6.45, 7) is 2.03. The van der Waals surface area contributed by atoms with Gasteiger partial charge >= 0.3 is 6.03 Å². The molecule has 2 aromatic carbocycles. The highest BCUT2D eigenvalue weighted by Gasteiger charge is 2.16. The van der Waals surface area contributed by atoms with Crippen molar-refractivity contribution in [2.24, 2.45) is 0 Å². The molecule has 0 unspecified atom stereocenters. The Morgan fingerprint density at radius 1 is 1.04 bits per heavy atom. The second-order valence-electron chi connectivity index (χ2n) is 6.13. The first-order chi connectivity index (χ1) is 12.1. The quantitative estimate of drug-likeness (QED) is 0.730. The van der Waals surface area contributed by atoms with Gasteiger partial charge in [-0.05, 0) is 31.8 Å². The molecule has 0 spiro atoms. The number of hydrogen-bond acceptors (Lipinski definition) is 4. The third-order valence-electron chi connectivity index (χ3n) is 3.83. The largest absolute Gasteiger partial charge is 0.323 e. The molecule has 0 aliphatic rings. The van der Waals surface area contributed by atoms with Gasteiger partial charge in [-0.25, -0.2) is 9.78 Å². The average Bonchev–Trinajstić information content (AvgIpc) is 3.01. The van der Waals surface area contributed by atoms with Crippen LogP contribution in [0, 0.1) is 0 Å². The minimum atomic E-state index is -0.121. The molecule has 2 amide bonds. The SMILES string of the molecule is CN(C)CCN(Cc1ccccc1)C(=O)Nc1nc2ccccc2s1. The number of nitrogens with one attached hydrogen (secondary N) is 1. The molecular formula is C19H22N4OS. The van der Waals surface area contributed by atoms with E-state index in [1.807, 2.05) is 73.6 Å². The molecule has 0 radical (unpaired) electrons. The summed E-state index contributed by atoms with van der Waals surface area (Å²) in [6.07, 6.45) is 0. The third-order valence-corrected chi connectivity index (χ3v) is 4.78. The predicted octanol–water partition coefficient (Wildman–Crippen LogP) is 3.89. The second-order valence-corrected chi connectivity index (χ2v) is 7.16. The first kappa shape index (κ1) is 17.4. The molecule has 0 aliphatic heterocycles. The fraction of sp³-hybridized carbons (Fsp3) is 0.263. The van der Waals surface area contributed by atoms with Gasteiger partial charge in [0.1, 0.15) is 0 Å². The van der Waals surface area contributed by atoms with E-state index in [9.17, 15) is 4.79 Å². The number of nitrogens with zero attached hydrogens (tertiary/aromatic N) is 3. The Hall–Kier alpha value is -2.44. The van der Waals surface area contributed by atoms with Crippen LogP contribution in [0.1, 0.15) is 5.56 Å². The van der Waals surface area contributed by atoms with Crippen LogP contribution < -0.4 is 5.32 Å². The molecule has 130 valence electrons. The van der Waals surface area contributed by atoms with Crippen LogP contribution in [0.5, 0.6) is 0 Å². The molecule has 0 fully saturated rings. The fourth-order valence-corrected chi connectivity index (χ4v) is 3.33. The molecule has 3 rings (SSSR count). The zero-order valence-electron chi connectivity index (χ0n) is 14.5. The van der Waals surface area contributed by atoms with Crippen molar-refractivity contribution in [1.29, 1.82) is 0 Å². The maximum Gasteiger partial charge on any atom is 0.323 e. The van der Waals surface area contributed by atoms with Crippen molar-refractivity contribution in [2.75, 3.05) is 32.5 Å². The molecule has 1 aromatic heterocycles. The predicted molar refractivity (Wildman–Crippen MR) is 104 cm³/mol. The van der Waals surface area contributed by atoms with Crippen LogP contribution >= 0.6 is 11.3 Å². The normalized spacial score (nSPS) is 11.0. The van der Waals surface area contributed by atoms with Gasteiger partial charge in [0, 0.05) is 19.6 Å². The minimum Gasteiger partial charge on any atom is -0.319 e. The Balaban J connectivity index is 1.72. The van der Waals surface area contributed by atoms with Crippen molar-refractivity contribution >= 4 is 32.7 Å². The van der Waals surface area contributed by atoms with E-state index in [-0.39, 0.29) is 6.03 Å². The number of aromatic nitrogens is 1. The van der Waals surface area contributed by atoms with E-state index >= 15 is 0 Å². The van der Waals surface area contributed by atoms with Gasteiger partial charge in [0.2, 0.25) is 0 Å². The lowest BCUT2D eigenvalue weighted by atomic mass is 10.2. The number of urea groups is 1. The van der Waals surface area contributed by atoms with Crippen molar-refractivity contribution in [2.45, 2.75) is 6.54 Å². The number of carbonyl (C=O) groups excluding carboxylic acids is 1. The summed E-state index contributed by atoms with van der Waals surface area (Å²) in [5.41, 5.74) is 2.02. The Kier molecular flexibility index (Phi) is 5.63. The summed E-state index contributed by atoms with van der Waals surface area (Å²) in [6, 6.07) is 17.8. The van der Waals surface area contributed by atoms with Crippen LogP contribution in [0.25, 0.3) is 10.2 Å². The molecule has 0 aliphatic carbocycles. The van der Waals surface area contributed by atoms with E-state index in [1.54, 1.807) is 0 Å². The van der Waals surface area contributed by atoms with Crippen LogP contribution in [0.15, 0.2) is 54.6 Å². The van der Waals surface area contributed by atoms with Crippen LogP contribution in [0.3, 0.4) is 0 Å². The Bertz CT molecular complexity index is 799. The average molecular weight is 354 g/mol. The number of amides is 2. The molecule has 0 saturated heterocycles. The van der Waals surface area contributed by atoms with E-state index in [1.165, 1.54) is 11.3 Å². The van der Waals surface area contributed by atoms with Crippen LogP contribution in [0.4, 0.5) is 9.93 Å². The van der Waals surface area contributed by atoms with Gasteiger partial charge < -0.3 is 9.80 Å². The van der Waals surface area contributed by atoms with Crippen molar-refractivity contribution in [1.82, 2.24) is 14.8 Å². The summed E-state index contributed by atoms with van der Waals surface area (Å²) in [5.74, 6) is 0. The number of anilines is 1. The lowest BCUT2D eigenvalue weighted by molar-refractivity contribution is 0.202. The van der Waals surface area contributed by atoms with Gasteiger partial charge in [-0.1, -0.05) is 53.8 Å². The molecule has 6 heteroatoms. The standard InChI is InChI=1S/C19H22N4OS/c1-22(2)12-13-23(14-15-8-4-3-5-9-15)19(24)21-18-20-16-10-6-7-11-17(16)25-18/h3-11H,12-14H2,1-2H3,(H,20,21,24). The fourth-order valence-electron chi connectivity index (χ4n) is 2.47. The van der Waals surface area contributed by atoms with Gasteiger partial charge in [0.15, 0.2) is 5.13 Å². The summed E-state index contributed by atoms with van der Waals surface area (Å²) in [5, 5.41) is 3.58. The first-order valence-electron chi connectivity index (χ1n) is 8.22. The summed E-state index contributed by atoms with van der Waals surface area (Å²) in [4.78, 5) is 21.1. The van der Waals surface area contributed by atoms with Crippen LogP contribution in [-0.4, -0.2) is 48.0 Å². The summed E-state index contributed by atoms with van der Waals surface area (Å²) >= 11 is 1.49. The monoisotopic (exact) mass is 354 g/mol. The lowest BCUT2D eigenvalue weighted by Crippen LogP contribution is -2.38. The number of likely N-dealkylation sites (N-methyl/N-ethyl adjacent to an activating group) is 1. The minimum absolute atomic E-state index is 0.121. The van der Waals surface area contributed by atoms with Crippen molar-refractivity contribution in [3.63, 3.8) is 0 Å². The summed E-state index contributed by atoms with van der Waals surface area (Å²) < 4.78 is 1.07. The topological polar surface area (TPSA) is 48.5 Å². The van der Waals surface area contributed by atoms with Crippen molar-refractivity contribution in [3.05, 3.63) is 60.2 Å². The van der Waals surface area contributed by atoms with Gasteiger partial charge in [-0.3, -0.25) is 5.32 Å². The van der Waals surface area contributed by atoms with E-state index in [0.29, 0.717) is 18.2 Å². The maximum absolute atomic E-state index is 12.8. The maximum atomic E-state index is 12.8. The number of rotatable bonds is 6. The molecule has 0 atom stereocenters. The van der Waals surface area contributed by atoms with Crippen molar-refractivity contribution in [3.8, 4) is 0 Å². The number of fused-ring (bicyclic) bond motifs is 1. The van der Waals surface area contributed by atoms with Crippen LogP contribution in [0.2, 0.25) is 0 Å². The molecule has 1 N–H and O–H groups in total. The van der Waals surface area contributed by atoms with Gasteiger partial charge in [-0.15, -0.1) is 0 Å². The number of thiazole rings is 1. The van der Waals surface area contributed by atoms with E-state index in [2.05, 4.69) is 15.2 Å². The second kappa shape index (κ2) is 8.09. The summed E-state index contributed by atoms with van der Waals surface area (Å²) in [7, 11) is 4.01. The number of para-hydroxylation sites is 1. The molecule has 3 aromatic rings. The molecule has 1 heterocycles. The van der Waals surface area contributed by atoms with Gasteiger partial charge in [0.05, 0.1) is 10.2 Å². The number of hydrogen-bond donors (Lipinski definition) is 1. The van der Waals surface area contributed by atoms with E-state index in [4.69, 9.17) is 0 Å². The highest BCUT2D eigenvalue weighted by molar-refractivity contribution is 7.22. The third kappa shape index (κ3) is 4.78. The van der Waals surface area contributed by atoms with Gasteiger partial charge in [-0.2, -0.15) is 0 Å². The van der Waals surface area contributed by atoms with E-state index in [0.717, 1.165) is 22.3 Å². The number of carbonyl (C=O) groups is 1. The van der Waals surface area contributed by atoms with Crippen LogP contribution in [-0.2, 0) is 6.54 Å². The highest BCUT2D eigenvalue weighted by atomic mass is 32.1. The van der Waals surface area contributed by atoms with Crippen molar-refractivity contribution < 1.29 is 4.79 Å². The van der Waals surface area contributed by atoms with Gasteiger partial charge in [0.25, 0.3) is 0 Å². The molecule has 0 saturated carbocycles. The Morgan fingerprint density at radius 2 is 1.76 bits per heavy atom. The smallest absolute Gasteiger partial charge is 0.319 e. The van der Waals surface area contributed by atoms with E-state index < -0.39 is 0 Å².